The summed E-state index contributed by atoms with van der Waals surface area (Å²) in [7, 11) is 1.69. The number of anilines is 1. The number of methoxy groups -OCH3 is 1. The molecule has 0 radical (unpaired) electrons. The second-order valence-electron chi connectivity index (χ2n) is 6.11. The van der Waals surface area contributed by atoms with Crippen molar-refractivity contribution in [3.63, 3.8) is 0 Å². The summed E-state index contributed by atoms with van der Waals surface area (Å²) in [6.07, 6.45) is 1.13. The van der Waals surface area contributed by atoms with Crippen molar-refractivity contribution in [2.45, 2.75) is 26.8 Å². The molecule has 1 aliphatic heterocycles. The van der Waals surface area contributed by atoms with E-state index in [1.54, 1.807) is 19.2 Å². The predicted molar refractivity (Wildman–Crippen MR) is 85.1 cm³/mol. The molecule has 1 aromatic rings. The quantitative estimate of drug-likeness (QED) is 0.816. The number of piperidine rings is 1. The first-order valence-electron chi connectivity index (χ1n) is 7.85. The van der Waals surface area contributed by atoms with Crippen LogP contribution in [0, 0.1) is 17.7 Å². The molecule has 0 bridgehead atoms. The van der Waals surface area contributed by atoms with Gasteiger partial charge in [-0.3, -0.25) is 0 Å². The topological polar surface area (TPSA) is 24.5 Å². The Labute approximate surface area is 127 Å². The first kappa shape index (κ1) is 16.2. The average molecular weight is 294 g/mol. The molecule has 0 aliphatic carbocycles. The van der Waals surface area contributed by atoms with Gasteiger partial charge in [0.1, 0.15) is 5.82 Å². The molecule has 2 rings (SSSR count). The van der Waals surface area contributed by atoms with Crippen molar-refractivity contribution in [1.82, 2.24) is 5.32 Å². The molecule has 1 saturated heterocycles. The number of ether oxygens (including phenoxy) is 1. The summed E-state index contributed by atoms with van der Waals surface area (Å²) in [5.74, 6) is 1.21. The summed E-state index contributed by atoms with van der Waals surface area (Å²) in [4.78, 5) is 2.22. The standard InChI is InChI=1S/C17H27FN2O/c1-13-7-9-20(12-14(13)2)17-15(5-4-6-16(17)18)11-19-8-10-21-3/h4-6,13-14,19H,7-12H2,1-3H3. The number of rotatable bonds is 6. The lowest BCUT2D eigenvalue weighted by Crippen LogP contribution is -2.39. The highest BCUT2D eigenvalue weighted by molar-refractivity contribution is 5.55. The van der Waals surface area contributed by atoms with E-state index in [1.807, 2.05) is 6.07 Å². The normalized spacial score (nSPS) is 22.6. The number of hydrogen-bond donors (Lipinski definition) is 1. The zero-order chi connectivity index (χ0) is 15.2. The van der Waals surface area contributed by atoms with Crippen LogP contribution in [-0.4, -0.2) is 33.4 Å². The van der Waals surface area contributed by atoms with E-state index >= 15 is 0 Å². The highest BCUT2D eigenvalue weighted by atomic mass is 19.1. The maximum absolute atomic E-state index is 14.3. The van der Waals surface area contributed by atoms with Crippen molar-refractivity contribution >= 4 is 5.69 Å². The Bertz CT molecular complexity index is 452. The molecule has 1 aliphatic rings. The molecule has 118 valence electrons. The Balaban J connectivity index is 2.10. The smallest absolute Gasteiger partial charge is 0.146 e. The third-order valence-corrected chi connectivity index (χ3v) is 4.52. The Hall–Kier alpha value is -1.13. The fraction of sp³-hybridized carbons (Fsp3) is 0.647. The first-order valence-corrected chi connectivity index (χ1v) is 7.85. The minimum absolute atomic E-state index is 0.109. The van der Waals surface area contributed by atoms with Crippen LogP contribution in [0.25, 0.3) is 0 Å². The molecule has 1 N–H and O–H groups in total. The van der Waals surface area contributed by atoms with Gasteiger partial charge in [0.25, 0.3) is 0 Å². The van der Waals surface area contributed by atoms with Gasteiger partial charge in [0.05, 0.1) is 12.3 Å². The van der Waals surface area contributed by atoms with Gasteiger partial charge in [-0.25, -0.2) is 4.39 Å². The molecule has 0 aromatic heterocycles. The molecule has 3 nitrogen and oxygen atoms in total. The van der Waals surface area contributed by atoms with Crippen LogP contribution >= 0.6 is 0 Å². The highest BCUT2D eigenvalue weighted by Gasteiger charge is 2.25. The number of nitrogens with one attached hydrogen (secondary N) is 1. The molecule has 0 amide bonds. The zero-order valence-corrected chi connectivity index (χ0v) is 13.4. The monoisotopic (exact) mass is 294 g/mol. The third-order valence-electron chi connectivity index (χ3n) is 4.52. The predicted octanol–water partition coefficient (Wildman–Crippen LogP) is 3.04. The van der Waals surface area contributed by atoms with Gasteiger partial charge < -0.3 is 15.0 Å². The fourth-order valence-corrected chi connectivity index (χ4v) is 2.92. The van der Waals surface area contributed by atoms with Crippen molar-refractivity contribution in [1.29, 1.82) is 0 Å². The molecule has 2 atom stereocenters. The van der Waals surface area contributed by atoms with Crippen LogP contribution in [0.15, 0.2) is 18.2 Å². The van der Waals surface area contributed by atoms with Crippen molar-refractivity contribution < 1.29 is 9.13 Å². The summed E-state index contributed by atoms with van der Waals surface area (Å²) in [5, 5.41) is 3.31. The first-order chi connectivity index (χ1) is 10.1. The van der Waals surface area contributed by atoms with E-state index in [0.29, 0.717) is 19.1 Å². The summed E-state index contributed by atoms with van der Waals surface area (Å²) in [5.41, 5.74) is 1.81. The maximum Gasteiger partial charge on any atom is 0.146 e. The number of hydrogen-bond acceptors (Lipinski definition) is 3. The van der Waals surface area contributed by atoms with E-state index in [1.165, 1.54) is 0 Å². The summed E-state index contributed by atoms with van der Waals surface area (Å²) in [6, 6.07) is 5.37. The molecular formula is C17H27FN2O. The van der Waals surface area contributed by atoms with Crippen molar-refractivity contribution in [2.75, 3.05) is 38.3 Å². The Morgan fingerprint density at radius 3 is 2.86 bits per heavy atom. The van der Waals surface area contributed by atoms with Crippen LogP contribution in [0.2, 0.25) is 0 Å². The van der Waals surface area contributed by atoms with E-state index in [0.717, 1.165) is 43.2 Å². The molecule has 1 heterocycles. The van der Waals surface area contributed by atoms with Gasteiger partial charge in [0, 0.05) is 33.3 Å². The van der Waals surface area contributed by atoms with Crippen LogP contribution in [0.1, 0.15) is 25.8 Å². The van der Waals surface area contributed by atoms with Crippen molar-refractivity contribution in [2.24, 2.45) is 11.8 Å². The number of nitrogens with zero attached hydrogens (tertiary/aromatic N) is 1. The minimum atomic E-state index is -0.109. The zero-order valence-electron chi connectivity index (χ0n) is 13.4. The van der Waals surface area contributed by atoms with Crippen LogP contribution in [0.5, 0.6) is 0 Å². The van der Waals surface area contributed by atoms with Crippen LogP contribution in [0.4, 0.5) is 10.1 Å². The van der Waals surface area contributed by atoms with E-state index in [4.69, 9.17) is 4.74 Å². The molecule has 0 saturated carbocycles. The molecule has 1 fully saturated rings. The Morgan fingerprint density at radius 1 is 1.33 bits per heavy atom. The Kier molecular flexibility index (Phi) is 6.00. The third kappa shape index (κ3) is 4.17. The molecular weight excluding hydrogens is 267 g/mol. The molecule has 21 heavy (non-hydrogen) atoms. The van der Waals surface area contributed by atoms with Gasteiger partial charge in [-0.2, -0.15) is 0 Å². The summed E-state index contributed by atoms with van der Waals surface area (Å²) in [6.45, 7) is 8.55. The highest BCUT2D eigenvalue weighted by Crippen LogP contribution is 2.31. The van der Waals surface area contributed by atoms with Gasteiger partial charge in [-0.05, 0) is 29.9 Å². The molecule has 4 heteroatoms. The lowest BCUT2D eigenvalue weighted by atomic mass is 9.88. The Morgan fingerprint density at radius 2 is 2.14 bits per heavy atom. The second kappa shape index (κ2) is 7.76. The number of benzene rings is 1. The van der Waals surface area contributed by atoms with E-state index < -0.39 is 0 Å². The van der Waals surface area contributed by atoms with Gasteiger partial charge >= 0.3 is 0 Å². The molecule has 0 spiro atoms. The lowest BCUT2D eigenvalue weighted by Gasteiger charge is -2.38. The van der Waals surface area contributed by atoms with E-state index in [9.17, 15) is 4.39 Å². The average Bonchev–Trinajstić information content (AvgIpc) is 2.47. The number of halogens is 1. The SMILES string of the molecule is COCCNCc1cccc(F)c1N1CCC(C)C(C)C1. The second-order valence-corrected chi connectivity index (χ2v) is 6.11. The van der Waals surface area contributed by atoms with E-state index in [2.05, 4.69) is 24.1 Å². The van der Waals surface area contributed by atoms with Crippen LogP contribution in [0.3, 0.4) is 0 Å². The molecule has 2 unspecified atom stereocenters. The maximum atomic E-state index is 14.3. The van der Waals surface area contributed by atoms with Gasteiger partial charge in [-0.15, -0.1) is 0 Å². The van der Waals surface area contributed by atoms with Gasteiger partial charge in [0.15, 0.2) is 0 Å². The van der Waals surface area contributed by atoms with E-state index in [-0.39, 0.29) is 5.82 Å². The molecule has 1 aromatic carbocycles. The largest absolute Gasteiger partial charge is 0.383 e. The van der Waals surface area contributed by atoms with Crippen LogP contribution in [-0.2, 0) is 11.3 Å². The lowest BCUT2D eigenvalue weighted by molar-refractivity contribution is 0.199. The van der Waals surface area contributed by atoms with Crippen molar-refractivity contribution in [3.05, 3.63) is 29.6 Å². The van der Waals surface area contributed by atoms with Gasteiger partial charge in [-0.1, -0.05) is 26.0 Å². The van der Waals surface area contributed by atoms with Gasteiger partial charge in [0.2, 0.25) is 0 Å². The summed E-state index contributed by atoms with van der Waals surface area (Å²) < 4.78 is 19.4. The minimum Gasteiger partial charge on any atom is -0.383 e. The van der Waals surface area contributed by atoms with Crippen LogP contribution < -0.4 is 10.2 Å². The summed E-state index contributed by atoms with van der Waals surface area (Å²) >= 11 is 0. The number of para-hydroxylation sites is 1. The fourth-order valence-electron chi connectivity index (χ4n) is 2.92. The van der Waals surface area contributed by atoms with Crippen molar-refractivity contribution in [3.8, 4) is 0 Å².